The number of pyridine rings is 1. The van der Waals surface area contributed by atoms with Gasteiger partial charge in [-0.05, 0) is 42.6 Å². The Kier molecular flexibility index (Phi) is 4.06. The fourth-order valence-corrected chi connectivity index (χ4v) is 2.44. The minimum atomic E-state index is 0.121. The van der Waals surface area contributed by atoms with Gasteiger partial charge in [0.05, 0.1) is 5.52 Å². The van der Waals surface area contributed by atoms with E-state index in [1.807, 2.05) is 13.1 Å². The lowest BCUT2D eigenvalue weighted by Gasteiger charge is -2.24. The number of hydrogen-bond acceptors (Lipinski definition) is 3. The molecule has 0 aliphatic rings. The lowest BCUT2D eigenvalue weighted by Crippen LogP contribution is -2.21. The first-order valence-electron chi connectivity index (χ1n) is 6.47. The summed E-state index contributed by atoms with van der Waals surface area (Å²) in [4.78, 5) is 7.73. The topological polar surface area (TPSA) is 42.8 Å². The maximum absolute atomic E-state index is 5.41. The van der Waals surface area contributed by atoms with Crippen molar-refractivity contribution in [2.75, 3.05) is 13.7 Å². The summed E-state index contributed by atoms with van der Waals surface area (Å²) in [6.07, 6.45) is 2.87. The van der Waals surface area contributed by atoms with Gasteiger partial charge in [0.1, 0.15) is 0 Å². The summed E-state index contributed by atoms with van der Waals surface area (Å²) in [6, 6.07) is 2.08. The molecule has 2 rings (SSSR count). The fraction of sp³-hybridized carbons (Fsp3) is 0.571. The predicted octanol–water partition coefficient (Wildman–Crippen LogP) is 3.47. The van der Waals surface area contributed by atoms with Crippen LogP contribution in [0.1, 0.15) is 25.8 Å². The minimum Gasteiger partial charge on any atom is -0.385 e. The Labute approximate surface area is 118 Å². The highest BCUT2D eigenvalue weighted by Gasteiger charge is 2.20. The summed E-state index contributed by atoms with van der Waals surface area (Å²) in [7, 11) is 1.73. The molecular weight excluding hydrogens is 258 g/mol. The van der Waals surface area contributed by atoms with Crippen LogP contribution in [-0.2, 0) is 11.3 Å². The van der Waals surface area contributed by atoms with Crippen LogP contribution in [0, 0.1) is 17.1 Å². The molecule has 1 N–H and O–H groups in total. The summed E-state index contributed by atoms with van der Waals surface area (Å²) in [5.74, 6) is 0. The van der Waals surface area contributed by atoms with Gasteiger partial charge in [0.25, 0.3) is 0 Å². The van der Waals surface area contributed by atoms with Gasteiger partial charge >= 0.3 is 0 Å². The van der Waals surface area contributed by atoms with Crippen molar-refractivity contribution in [1.82, 2.24) is 14.5 Å². The van der Waals surface area contributed by atoms with E-state index in [1.165, 1.54) is 0 Å². The number of fused-ring (bicyclic) bond motifs is 1. The van der Waals surface area contributed by atoms with Crippen LogP contribution < -0.4 is 0 Å². The van der Waals surface area contributed by atoms with Crippen molar-refractivity contribution in [3.8, 4) is 0 Å². The highest BCUT2D eigenvalue weighted by atomic mass is 32.1. The molecule has 0 fully saturated rings. The van der Waals surface area contributed by atoms with E-state index in [0.717, 1.165) is 41.1 Å². The molecule has 0 atom stereocenters. The van der Waals surface area contributed by atoms with Crippen LogP contribution in [0.4, 0.5) is 0 Å². The molecule has 0 unspecified atom stereocenters. The van der Waals surface area contributed by atoms with E-state index in [9.17, 15) is 0 Å². The molecule has 2 aromatic rings. The number of methoxy groups -OCH3 is 1. The number of aryl methyl sites for hydroxylation is 1. The lowest BCUT2D eigenvalue weighted by molar-refractivity contribution is 0.143. The number of nitrogens with zero attached hydrogens (tertiary/aromatic N) is 2. The number of nitrogens with one attached hydrogen (secondary N) is 1. The minimum absolute atomic E-state index is 0.121. The second-order valence-corrected chi connectivity index (χ2v) is 6.19. The predicted molar refractivity (Wildman–Crippen MR) is 79.9 cm³/mol. The van der Waals surface area contributed by atoms with E-state index < -0.39 is 0 Å². The smallest absolute Gasteiger partial charge is 0.179 e. The molecule has 19 heavy (non-hydrogen) atoms. The average molecular weight is 279 g/mol. The molecule has 0 spiro atoms. The number of H-pyrrole nitrogens is 1. The molecule has 2 aromatic heterocycles. The monoisotopic (exact) mass is 279 g/mol. The second kappa shape index (κ2) is 5.43. The molecule has 0 saturated heterocycles. The quantitative estimate of drug-likeness (QED) is 0.852. The largest absolute Gasteiger partial charge is 0.385 e. The van der Waals surface area contributed by atoms with Gasteiger partial charge < -0.3 is 14.3 Å². The molecule has 104 valence electrons. The number of aromatic amines is 1. The van der Waals surface area contributed by atoms with E-state index in [0.29, 0.717) is 0 Å². The fourth-order valence-electron chi connectivity index (χ4n) is 2.18. The van der Waals surface area contributed by atoms with Gasteiger partial charge in [-0.3, -0.25) is 0 Å². The highest BCUT2D eigenvalue weighted by molar-refractivity contribution is 7.71. The summed E-state index contributed by atoms with van der Waals surface area (Å²) in [6.45, 7) is 8.07. The van der Waals surface area contributed by atoms with Crippen LogP contribution in [0.15, 0.2) is 12.3 Å². The van der Waals surface area contributed by atoms with Crippen molar-refractivity contribution in [3.63, 3.8) is 0 Å². The Hall–Kier alpha value is -1.20. The second-order valence-electron chi connectivity index (χ2n) is 5.81. The van der Waals surface area contributed by atoms with Crippen LogP contribution in [0.2, 0.25) is 0 Å². The number of hydrogen-bond donors (Lipinski definition) is 1. The van der Waals surface area contributed by atoms with Crippen molar-refractivity contribution in [2.45, 2.75) is 33.7 Å². The summed E-state index contributed by atoms with van der Waals surface area (Å²) in [5.41, 5.74) is 3.19. The first-order valence-corrected chi connectivity index (χ1v) is 6.88. The van der Waals surface area contributed by atoms with E-state index in [-0.39, 0.29) is 5.41 Å². The maximum Gasteiger partial charge on any atom is 0.179 e. The Bertz CT molecular complexity index is 627. The molecule has 4 nitrogen and oxygen atoms in total. The van der Waals surface area contributed by atoms with Crippen LogP contribution in [0.5, 0.6) is 0 Å². The number of rotatable bonds is 5. The lowest BCUT2D eigenvalue weighted by atomic mass is 9.89. The molecule has 0 amide bonds. The van der Waals surface area contributed by atoms with Gasteiger partial charge in [-0.1, -0.05) is 13.8 Å². The Morgan fingerprint density at radius 2 is 2.21 bits per heavy atom. The van der Waals surface area contributed by atoms with Gasteiger partial charge in [-0.2, -0.15) is 0 Å². The first-order chi connectivity index (χ1) is 8.93. The molecule has 0 aromatic carbocycles. The molecule has 5 heteroatoms. The molecule has 0 bridgehead atoms. The van der Waals surface area contributed by atoms with Gasteiger partial charge in [0, 0.05) is 26.5 Å². The van der Waals surface area contributed by atoms with Crippen molar-refractivity contribution >= 4 is 23.4 Å². The Balaban J connectivity index is 2.35. The third-order valence-electron chi connectivity index (χ3n) is 3.31. The third kappa shape index (κ3) is 3.22. The van der Waals surface area contributed by atoms with Crippen molar-refractivity contribution < 1.29 is 4.74 Å². The third-order valence-corrected chi connectivity index (χ3v) is 3.64. The number of ether oxygens (including phenoxy) is 1. The summed E-state index contributed by atoms with van der Waals surface area (Å²) >= 11 is 5.41. The average Bonchev–Trinajstić information content (AvgIpc) is 2.62. The molecule has 0 aliphatic carbocycles. The highest BCUT2D eigenvalue weighted by Crippen LogP contribution is 2.25. The Morgan fingerprint density at radius 1 is 1.47 bits per heavy atom. The van der Waals surface area contributed by atoms with Gasteiger partial charge in [0.2, 0.25) is 0 Å². The van der Waals surface area contributed by atoms with E-state index in [2.05, 4.69) is 34.4 Å². The van der Waals surface area contributed by atoms with Crippen molar-refractivity contribution in [2.24, 2.45) is 5.41 Å². The van der Waals surface area contributed by atoms with Gasteiger partial charge in [-0.25, -0.2) is 4.98 Å². The zero-order valence-electron chi connectivity index (χ0n) is 12.0. The molecule has 2 heterocycles. The van der Waals surface area contributed by atoms with E-state index in [4.69, 9.17) is 17.0 Å². The van der Waals surface area contributed by atoms with Crippen LogP contribution in [0.25, 0.3) is 11.2 Å². The summed E-state index contributed by atoms with van der Waals surface area (Å²) in [5, 5.41) is 0. The van der Waals surface area contributed by atoms with Crippen LogP contribution in [-0.4, -0.2) is 28.3 Å². The van der Waals surface area contributed by atoms with E-state index in [1.54, 1.807) is 7.11 Å². The molecule has 0 radical (unpaired) electrons. The SMILES string of the molecule is COCCC(C)(C)Cn1c(=S)[nH]c2cc(C)cnc21. The Morgan fingerprint density at radius 3 is 2.89 bits per heavy atom. The van der Waals surface area contributed by atoms with Crippen molar-refractivity contribution in [1.29, 1.82) is 0 Å². The maximum atomic E-state index is 5.41. The van der Waals surface area contributed by atoms with Crippen LogP contribution in [0.3, 0.4) is 0 Å². The number of aromatic nitrogens is 3. The van der Waals surface area contributed by atoms with E-state index >= 15 is 0 Å². The number of imidazole rings is 1. The first kappa shape index (κ1) is 14.2. The van der Waals surface area contributed by atoms with Gasteiger partial charge in [-0.15, -0.1) is 0 Å². The molecule has 0 saturated carbocycles. The van der Waals surface area contributed by atoms with Crippen LogP contribution >= 0.6 is 12.2 Å². The molecule has 0 aliphatic heterocycles. The van der Waals surface area contributed by atoms with Crippen molar-refractivity contribution in [3.05, 3.63) is 22.6 Å². The normalized spacial score (nSPS) is 12.2. The zero-order chi connectivity index (χ0) is 14.0. The summed E-state index contributed by atoms with van der Waals surface area (Å²) < 4.78 is 7.99. The van der Waals surface area contributed by atoms with Gasteiger partial charge in [0.15, 0.2) is 10.4 Å². The molecular formula is C14H21N3OS. The standard InChI is InChI=1S/C14H21N3OS/c1-10-7-11-12(15-8-10)17(13(19)16-11)9-14(2,3)5-6-18-4/h7-8H,5-6,9H2,1-4H3,(H,16,19). The zero-order valence-corrected chi connectivity index (χ0v) is 12.8.